The van der Waals surface area contributed by atoms with E-state index >= 15 is 0 Å². The minimum Gasteiger partial charge on any atom is -0.479 e. The Hall–Kier alpha value is -2.36. The number of benzene rings is 1. The summed E-state index contributed by atoms with van der Waals surface area (Å²) >= 11 is 0. The molecule has 0 fully saturated rings. The first-order chi connectivity index (χ1) is 9.63. The average molecular weight is 271 g/mol. The van der Waals surface area contributed by atoms with Crippen LogP contribution in [-0.4, -0.2) is 24.2 Å². The molecule has 0 spiro atoms. The molecule has 1 aromatic heterocycles. The minimum absolute atomic E-state index is 0.392. The Morgan fingerprint density at radius 1 is 1.25 bits per heavy atom. The number of esters is 1. The number of carbonyl (C=O) groups is 1. The predicted molar refractivity (Wildman–Crippen MR) is 76.5 cm³/mol. The van der Waals surface area contributed by atoms with Crippen molar-refractivity contribution in [2.24, 2.45) is 0 Å². The van der Waals surface area contributed by atoms with Gasteiger partial charge in [0.2, 0.25) is 0 Å². The molecule has 1 atom stereocenters. The molecular formula is C16H17NO3. The van der Waals surface area contributed by atoms with E-state index in [-0.39, 0.29) is 0 Å². The Morgan fingerprint density at radius 3 is 2.70 bits per heavy atom. The molecule has 0 N–H and O–H groups in total. The molecule has 0 aliphatic rings. The maximum absolute atomic E-state index is 11.4. The van der Waals surface area contributed by atoms with Gasteiger partial charge < -0.3 is 9.47 Å². The van der Waals surface area contributed by atoms with E-state index in [4.69, 9.17) is 4.74 Å². The van der Waals surface area contributed by atoms with Gasteiger partial charge in [0.25, 0.3) is 0 Å². The van der Waals surface area contributed by atoms with E-state index in [1.807, 2.05) is 37.3 Å². The third-order valence-electron chi connectivity index (χ3n) is 3.09. The molecule has 1 aromatic carbocycles. The first-order valence-electron chi connectivity index (χ1n) is 6.38. The summed E-state index contributed by atoms with van der Waals surface area (Å²) in [5, 5.41) is 0. The number of methoxy groups -OCH3 is 1. The van der Waals surface area contributed by atoms with Crippen LogP contribution in [0.4, 0.5) is 0 Å². The van der Waals surface area contributed by atoms with Gasteiger partial charge in [-0.1, -0.05) is 18.2 Å². The fourth-order valence-corrected chi connectivity index (χ4v) is 1.98. The zero-order valence-electron chi connectivity index (χ0n) is 11.8. The van der Waals surface area contributed by atoms with E-state index in [2.05, 4.69) is 9.72 Å². The van der Waals surface area contributed by atoms with E-state index in [1.54, 1.807) is 19.3 Å². The van der Waals surface area contributed by atoms with E-state index < -0.39 is 12.1 Å². The number of ether oxygens (including phenoxy) is 2. The number of carbonyl (C=O) groups excluding carboxylic acids is 1. The van der Waals surface area contributed by atoms with Crippen molar-refractivity contribution in [3.63, 3.8) is 0 Å². The van der Waals surface area contributed by atoms with Crippen molar-refractivity contribution in [1.82, 2.24) is 4.98 Å². The molecule has 1 unspecified atom stereocenters. The molecule has 0 aliphatic heterocycles. The van der Waals surface area contributed by atoms with Gasteiger partial charge in [0, 0.05) is 18.0 Å². The molecule has 0 bridgehead atoms. The highest BCUT2D eigenvalue weighted by Crippen LogP contribution is 2.30. The van der Waals surface area contributed by atoms with Crippen molar-refractivity contribution in [2.75, 3.05) is 7.11 Å². The van der Waals surface area contributed by atoms with E-state index in [0.717, 1.165) is 16.7 Å². The first kappa shape index (κ1) is 14.1. The van der Waals surface area contributed by atoms with Gasteiger partial charge >= 0.3 is 5.97 Å². The summed E-state index contributed by atoms with van der Waals surface area (Å²) in [6.45, 7) is 3.63. The van der Waals surface area contributed by atoms with Crippen LogP contribution in [0.2, 0.25) is 0 Å². The van der Waals surface area contributed by atoms with E-state index in [1.165, 1.54) is 7.11 Å². The third-order valence-corrected chi connectivity index (χ3v) is 3.09. The average Bonchev–Trinajstić information content (AvgIpc) is 2.49. The molecule has 0 aliphatic carbocycles. The van der Waals surface area contributed by atoms with E-state index in [0.29, 0.717) is 5.75 Å². The van der Waals surface area contributed by atoms with Crippen LogP contribution >= 0.6 is 0 Å². The predicted octanol–water partition coefficient (Wildman–Crippen LogP) is 3.00. The molecule has 4 heteroatoms. The summed E-state index contributed by atoms with van der Waals surface area (Å²) in [7, 11) is 1.35. The van der Waals surface area contributed by atoms with Crippen LogP contribution in [0.3, 0.4) is 0 Å². The normalized spacial score (nSPS) is 11.8. The van der Waals surface area contributed by atoms with Crippen LogP contribution < -0.4 is 4.74 Å². The molecule has 104 valence electrons. The molecule has 0 saturated heterocycles. The smallest absolute Gasteiger partial charge is 0.346 e. The Labute approximate surface area is 118 Å². The fraction of sp³-hybridized carbons (Fsp3) is 0.250. The number of pyridine rings is 1. The van der Waals surface area contributed by atoms with Crippen LogP contribution in [0, 0.1) is 6.92 Å². The number of hydrogen-bond acceptors (Lipinski definition) is 4. The molecule has 2 rings (SSSR count). The number of hydrogen-bond donors (Lipinski definition) is 0. The number of nitrogens with zero attached hydrogens (tertiary/aromatic N) is 1. The van der Waals surface area contributed by atoms with Gasteiger partial charge in [0.15, 0.2) is 6.10 Å². The maximum atomic E-state index is 11.4. The maximum Gasteiger partial charge on any atom is 0.346 e. The Bertz CT molecular complexity index is 596. The van der Waals surface area contributed by atoms with Gasteiger partial charge in [-0.25, -0.2) is 4.79 Å². The van der Waals surface area contributed by atoms with Crippen molar-refractivity contribution in [3.05, 3.63) is 48.3 Å². The van der Waals surface area contributed by atoms with Gasteiger partial charge in [-0.3, -0.25) is 4.98 Å². The van der Waals surface area contributed by atoms with Gasteiger partial charge in [-0.15, -0.1) is 0 Å². The van der Waals surface area contributed by atoms with Crippen LogP contribution in [0.1, 0.15) is 12.5 Å². The van der Waals surface area contributed by atoms with Crippen LogP contribution in [0.25, 0.3) is 11.1 Å². The molecule has 2 aromatic rings. The van der Waals surface area contributed by atoms with Crippen LogP contribution in [0.5, 0.6) is 5.75 Å². The summed E-state index contributed by atoms with van der Waals surface area (Å²) in [6.07, 6.45) is 2.90. The third kappa shape index (κ3) is 2.96. The summed E-state index contributed by atoms with van der Waals surface area (Å²) in [4.78, 5) is 15.5. The highest BCUT2D eigenvalue weighted by Gasteiger charge is 2.16. The van der Waals surface area contributed by atoms with Gasteiger partial charge in [0.05, 0.1) is 7.11 Å². The van der Waals surface area contributed by atoms with E-state index in [9.17, 15) is 4.79 Å². The largest absolute Gasteiger partial charge is 0.479 e. The molecular weight excluding hydrogens is 254 g/mol. The Morgan fingerprint density at radius 2 is 2.05 bits per heavy atom. The van der Waals surface area contributed by atoms with Gasteiger partial charge in [-0.2, -0.15) is 0 Å². The lowest BCUT2D eigenvalue weighted by Crippen LogP contribution is -2.25. The Balaban J connectivity index is 2.31. The lowest BCUT2D eigenvalue weighted by atomic mass is 10.0. The quantitative estimate of drug-likeness (QED) is 0.802. The van der Waals surface area contributed by atoms with Crippen LogP contribution in [-0.2, 0) is 9.53 Å². The second kappa shape index (κ2) is 6.19. The molecule has 0 radical (unpaired) electrons. The van der Waals surface area contributed by atoms with Crippen molar-refractivity contribution >= 4 is 5.97 Å². The topological polar surface area (TPSA) is 48.4 Å². The second-order valence-electron chi connectivity index (χ2n) is 4.45. The molecule has 4 nitrogen and oxygen atoms in total. The SMILES string of the molecule is COC(=O)C(C)Oc1cccc(-c2cccnc2)c1C. The van der Waals surface area contributed by atoms with Crippen molar-refractivity contribution in [1.29, 1.82) is 0 Å². The van der Waals surface area contributed by atoms with Crippen molar-refractivity contribution in [3.8, 4) is 16.9 Å². The fourth-order valence-electron chi connectivity index (χ4n) is 1.98. The molecule has 1 heterocycles. The summed E-state index contributed by atoms with van der Waals surface area (Å²) < 4.78 is 10.3. The lowest BCUT2D eigenvalue weighted by molar-refractivity contribution is -0.147. The standard InChI is InChI=1S/C16H17NO3/c1-11-14(13-6-5-9-17-10-13)7-4-8-15(11)20-12(2)16(18)19-3/h4-10,12H,1-3H3. The molecule has 0 amide bonds. The Kier molecular flexibility index (Phi) is 4.35. The monoisotopic (exact) mass is 271 g/mol. The zero-order valence-corrected chi connectivity index (χ0v) is 11.8. The van der Waals surface area contributed by atoms with Gasteiger partial charge in [0.1, 0.15) is 5.75 Å². The van der Waals surface area contributed by atoms with Crippen molar-refractivity contribution < 1.29 is 14.3 Å². The lowest BCUT2D eigenvalue weighted by Gasteiger charge is -2.16. The second-order valence-corrected chi connectivity index (χ2v) is 4.45. The summed E-state index contributed by atoms with van der Waals surface area (Å²) in [5.41, 5.74) is 3.02. The first-order valence-corrected chi connectivity index (χ1v) is 6.38. The zero-order chi connectivity index (χ0) is 14.5. The van der Waals surface area contributed by atoms with Gasteiger partial charge in [-0.05, 0) is 37.1 Å². The molecule has 20 heavy (non-hydrogen) atoms. The van der Waals surface area contributed by atoms with Crippen LogP contribution in [0.15, 0.2) is 42.7 Å². The number of aromatic nitrogens is 1. The minimum atomic E-state index is -0.636. The summed E-state index contributed by atoms with van der Waals surface area (Å²) in [6, 6.07) is 9.62. The summed E-state index contributed by atoms with van der Waals surface area (Å²) in [5.74, 6) is 0.278. The number of rotatable bonds is 4. The van der Waals surface area contributed by atoms with Crippen molar-refractivity contribution in [2.45, 2.75) is 20.0 Å². The highest BCUT2D eigenvalue weighted by molar-refractivity contribution is 5.75. The highest BCUT2D eigenvalue weighted by atomic mass is 16.6. The molecule has 0 saturated carbocycles.